The van der Waals surface area contributed by atoms with E-state index in [0.717, 1.165) is 60.2 Å². The molecule has 32 heavy (non-hydrogen) atoms. The third kappa shape index (κ3) is 4.56. The molecule has 164 valence electrons. The molecule has 0 bridgehead atoms. The number of aromatic nitrogens is 1. The first-order chi connectivity index (χ1) is 15.7. The van der Waals surface area contributed by atoms with Crippen molar-refractivity contribution < 1.29 is 19.0 Å². The van der Waals surface area contributed by atoms with E-state index in [1.165, 1.54) is 0 Å². The molecule has 2 fully saturated rings. The number of carbonyl (C=O) groups excluding carboxylic acids is 1. The van der Waals surface area contributed by atoms with E-state index in [9.17, 15) is 10.1 Å². The van der Waals surface area contributed by atoms with Crippen molar-refractivity contribution in [2.45, 2.75) is 31.8 Å². The molecule has 2 aliphatic rings. The molecule has 1 atom stereocenters. The van der Waals surface area contributed by atoms with Gasteiger partial charge in [0.15, 0.2) is 0 Å². The molecule has 0 radical (unpaired) electrons. The zero-order valence-corrected chi connectivity index (χ0v) is 17.7. The van der Waals surface area contributed by atoms with Crippen LogP contribution in [0.4, 0.5) is 10.5 Å². The standard InChI is InChI=1S/C25H25N3O4/c26-13-22-21-10-9-19(31-15-20-2-1-11-30-20)12-23(21)28-24(22)17-5-7-18(8-6-17)27-25(29)32-14-16-3-4-16/h5-10,12,16,20,28H,1-4,11,14-15H2,(H,27,29). The molecule has 2 heterocycles. The van der Waals surface area contributed by atoms with Crippen LogP contribution in [0.15, 0.2) is 42.5 Å². The molecule has 1 amide bonds. The van der Waals surface area contributed by atoms with Gasteiger partial charge in [-0.1, -0.05) is 12.1 Å². The van der Waals surface area contributed by atoms with Crippen LogP contribution in [0.3, 0.4) is 0 Å². The predicted octanol–water partition coefficient (Wildman–Crippen LogP) is 5.22. The van der Waals surface area contributed by atoms with Crippen molar-refractivity contribution in [2.75, 3.05) is 25.1 Å². The topological polar surface area (TPSA) is 96.4 Å². The summed E-state index contributed by atoms with van der Waals surface area (Å²) in [6.07, 6.45) is 4.08. The summed E-state index contributed by atoms with van der Waals surface area (Å²) in [5.74, 6) is 1.27. The zero-order chi connectivity index (χ0) is 21.9. The van der Waals surface area contributed by atoms with Crippen molar-refractivity contribution in [3.05, 3.63) is 48.0 Å². The van der Waals surface area contributed by atoms with Gasteiger partial charge in [0.2, 0.25) is 0 Å². The quantitative estimate of drug-likeness (QED) is 0.534. The summed E-state index contributed by atoms with van der Waals surface area (Å²) in [7, 11) is 0. The van der Waals surface area contributed by atoms with Crippen LogP contribution in [-0.2, 0) is 9.47 Å². The highest BCUT2D eigenvalue weighted by molar-refractivity contribution is 5.94. The number of aromatic amines is 1. The van der Waals surface area contributed by atoms with E-state index in [2.05, 4.69) is 16.4 Å². The number of ether oxygens (including phenoxy) is 3. The highest BCUT2D eigenvalue weighted by atomic mass is 16.5. The lowest BCUT2D eigenvalue weighted by Crippen LogP contribution is -2.16. The van der Waals surface area contributed by atoms with Gasteiger partial charge in [0.05, 0.1) is 29.5 Å². The van der Waals surface area contributed by atoms with E-state index < -0.39 is 6.09 Å². The number of nitriles is 1. The lowest BCUT2D eigenvalue weighted by molar-refractivity contribution is 0.0680. The van der Waals surface area contributed by atoms with Crippen LogP contribution in [0.25, 0.3) is 22.2 Å². The first-order valence-electron chi connectivity index (χ1n) is 11.0. The van der Waals surface area contributed by atoms with Crippen molar-refractivity contribution in [1.29, 1.82) is 5.26 Å². The number of carbonyl (C=O) groups is 1. The molecule has 1 unspecified atom stereocenters. The molecule has 5 rings (SSSR count). The van der Waals surface area contributed by atoms with Gasteiger partial charge in [-0.05, 0) is 61.4 Å². The van der Waals surface area contributed by atoms with Crippen molar-refractivity contribution in [1.82, 2.24) is 4.98 Å². The number of nitrogens with zero attached hydrogens (tertiary/aromatic N) is 1. The summed E-state index contributed by atoms with van der Waals surface area (Å²) in [6.45, 7) is 1.81. The van der Waals surface area contributed by atoms with Gasteiger partial charge >= 0.3 is 6.09 Å². The van der Waals surface area contributed by atoms with Crippen LogP contribution in [0.1, 0.15) is 31.2 Å². The Morgan fingerprint density at radius 1 is 1.16 bits per heavy atom. The molecule has 0 spiro atoms. The molecule has 7 heteroatoms. The highest BCUT2D eigenvalue weighted by Gasteiger charge is 2.23. The Labute approximate surface area is 186 Å². The van der Waals surface area contributed by atoms with E-state index in [1.54, 1.807) is 12.1 Å². The minimum absolute atomic E-state index is 0.151. The summed E-state index contributed by atoms with van der Waals surface area (Å²) >= 11 is 0. The minimum atomic E-state index is -0.441. The summed E-state index contributed by atoms with van der Waals surface area (Å²) in [4.78, 5) is 15.2. The summed E-state index contributed by atoms with van der Waals surface area (Å²) in [5, 5.41) is 13.4. The number of anilines is 1. The Bertz CT molecular complexity index is 1150. The maximum absolute atomic E-state index is 11.9. The number of fused-ring (bicyclic) bond motifs is 1. The summed E-state index contributed by atoms with van der Waals surface area (Å²) in [6, 6.07) is 15.4. The lowest BCUT2D eigenvalue weighted by atomic mass is 10.1. The third-order valence-corrected chi connectivity index (χ3v) is 5.91. The lowest BCUT2D eigenvalue weighted by Gasteiger charge is -2.11. The van der Waals surface area contributed by atoms with Gasteiger partial charge in [0.1, 0.15) is 18.4 Å². The van der Waals surface area contributed by atoms with Gasteiger partial charge in [0, 0.05) is 23.7 Å². The monoisotopic (exact) mass is 431 g/mol. The number of H-pyrrole nitrogens is 1. The Morgan fingerprint density at radius 3 is 2.72 bits per heavy atom. The van der Waals surface area contributed by atoms with Crippen LogP contribution in [0.2, 0.25) is 0 Å². The number of hydrogen-bond donors (Lipinski definition) is 2. The van der Waals surface area contributed by atoms with Gasteiger partial charge in [-0.25, -0.2) is 4.79 Å². The van der Waals surface area contributed by atoms with Gasteiger partial charge in [0.25, 0.3) is 0 Å². The van der Waals surface area contributed by atoms with Gasteiger partial charge < -0.3 is 19.2 Å². The first-order valence-corrected chi connectivity index (χ1v) is 11.0. The molecule has 2 N–H and O–H groups in total. The second-order valence-electron chi connectivity index (χ2n) is 8.38. The molecule has 7 nitrogen and oxygen atoms in total. The average molecular weight is 431 g/mol. The predicted molar refractivity (Wildman–Crippen MR) is 121 cm³/mol. The smallest absolute Gasteiger partial charge is 0.411 e. The molecule has 1 aliphatic heterocycles. The number of benzene rings is 2. The largest absolute Gasteiger partial charge is 0.491 e. The Balaban J connectivity index is 1.31. The fourth-order valence-corrected chi connectivity index (χ4v) is 3.92. The molecule has 1 saturated heterocycles. The number of rotatable bonds is 7. The van der Waals surface area contributed by atoms with E-state index >= 15 is 0 Å². The number of nitrogens with one attached hydrogen (secondary N) is 2. The van der Waals surface area contributed by atoms with Crippen molar-refractivity contribution >= 4 is 22.7 Å². The minimum Gasteiger partial charge on any atom is -0.491 e. The van der Waals surface area contributed by atoms with E-state index in [0.29, 0.717) is 30.4 Å². The molecule has 1 aromatic heterocycles. The molecule has 1 saturated carbocycles. The SMILES string of the molecule is N#Cc1c(-c2ccc(NC(=O)OCC3CC3)cc2)[nH]c2cc(OCC3CCCO3)ccc12. The first kappa shape index (κ1) is 20.4. The number of amides is 1. The molecule has 1 aliphatic carbocycles. The molecular formula is C25H25N3O4. The Hall–Kier alpha value is -3.50. The van der Waals surface area contributed by atoms with E-state index in [4.69, 9.17) is 14.2 Å². The van der Waals surface area contributed by atoms with E-state index in [-0.39, 0.29) is 6.10 Å². The fraction of sp³-hybridized carbons (Fsp3) is 0.360. The Morgan fingerprint density at radius 2 is 2.00 bits per heavy atom. The molecule has 2 aromatic carbocycles. The normalized spacial score (nSPS) is 17.8. The Kier molecular flexibility index (Phi) is 5.70. The van der Waals surface area contributed by atoms with Crippen LogP contribution >= 0.6 is 0 Å². The molecule has 3 aromatic rings. The maximum atomic E-state index is 11.9. The van der Waals surface area contributed by atoms with Gasteiger partial charge in [-0.3, -0.25) is 5.32 Å². The van der Waals surface area contributed by atoms with Crippen molar-refractivity contribution in [3.8, 4) is 23.1 Å². The van der Waals surface area contributed by atoms with Crippen molar-refractivity contribution in [3.63, 3.8) is 0 Å². The summed E-state index contributed by atoms with van der Waals surface area (Å²) < 4.78 is 16.7. The maximum Gasteiger partial charge on any atom is 0.411 e. The van der Waals surface area contributed by atoms with Gasteiger partial charge in [-0.15, -0.1) is 0 Å². The highest BCUT2D eigenvalue weighted by Crippen LogP contribution is 2.33. The third-order valence-electron chi connectivity index (χ3n) is 5.91. The molecular weight excluding hydrogens is 406 g/mol. The van der Waals surface area contributed by atoms with Crippen LogP contribution < -0.4 is 10.1 Å². The fourth-order valence-electron chi connectivity index (χ4n) is 3.92. The second-order valence-corrected chi connectivity index (χ2v) is 8.38. The van der Waals surface area contributed by atoms with Crippen molar-refractivity contribution in [2.24, 2.45) is 5.92 Å². The van der Waals surface area contributed by atoms with Crippen LogP contribution in [0.5, 0.6) is 5.75 Å². The van der Waals surface area contributed by atoms with Gasteiger partial charge in [-0.2, -0.15) is 5.26 Å². The number of hydrogen-bond acceptors (Lipinski definition) is 5. The van der Waals surface area contributed by atoms with Crippen LogP contribution in [0, 0.1) is 17.2 Å². The summed E-state index contributed by atoms with van der Waals surface area (Å²) in [5.41, 5.74) is 3.66. The average Bonchev–Trinajstić information content (AvgIpc) is 3.35. The van der Waals surface area contributed by atoms with E-state index in [1.807, 2.05) is 30.3 Å². The zero-order valence-electron chi connectivity index (χ0n) is 17.7. The van der Waals surface area contributed by atoms with Crippen LogP contribution in [-0.4, -0.2) is 37.0 Å². The second kappa shape index (κ2) is 8.93.